The Hall–Kier alpha value is -2.37. The number of nitrogens with zero attached hydrogens (tertiary/aromatic N) is 1. The van der Waals surface area contributed by atoms with Crippen molar-refractivity contribution < 1.29 is 9.53 Å². The van der Waals surface area contributed by atoms with Crippen LogP contribution in [-0.2, 0) is 13.2 Å². The van der Waals surface area contributed by atoms with Gasteiger partial charge in [-0.05, 0) is 29.6 Å². The first-order valence-electron chi connectivity index (χ1n) is 8.03. The summed E-state index contributed by atoms with van der Waals surface area (Å²) in [6, 6.07) is 14.0. The first-order chi connectivity index (χ1) is 12.3. The van der Waals surface area contributed by atoms with E-state index in [1.165, 1.54) is 4.88 Å². The number of amides is 1. The average molecular weight is 367 g/mol. The third-order valence-corrected chi connectivity index (χ3v) is 6.16. The van der Waals surface area contributed by atoms with Crippen molar-refractivity contribution in [3.63, 3.8) is 0 Å². The molecule has 0 saturated carbocycles. The van der Waals surface area contributed by atoms with E-state index in [2.05, 4.69) is 12.6 Å². The predicted octanol–water partition coefficient (Wildman–Crippen LogP) is 5.20. The lowest BCUT2D eigenvalue weighted by molar-refractivity contribution is 0.0769. The van der Waals surface area contributed by atoms with Gasteiger partial charge < -0.3 is 9.64 Å². The molecular formula is C20H17NO2S2. The monoisotopic (exact) mass is 367 g/mol. The molecule has 1 amide bonds. The highest BCUT2D eigenvalue weighted by atomic mass is 32.1. The smallest absolute Gasteiger partial charge is 0.264 e. The van der Waals surface area contributed by atoms with Gasteiger partial charge in [0.2, 0.25) is 0 Å². The summed E-state index contributed by atoms with van der Waals surface area (Å²) < 4.78 is 5.80. The number of para-hydroxylation sites is 1. The minimum atomic E-state index is 0.0465. The molecule has 0 N–H and O–H groups in total. The summed E-state index contributed by atoms with van der Waals surface area (Å²) in [7, 11) is 0. The molecule has 1 aliphatic heterocycles. The van der Waals surface area contributed by atoms with E-state index in [0.29, 0.717) is 19.7 Å². The molecule has 3 heterocycles. The van der Waals surface area contributed by atoms with E-state index in [-0.39, 0.29) is 5.91 Å². The molecule has 0 bridgehead atoms. The molecule has 0 radical (unpaired) electrons. The Morgan fingerprint density at radius 1 is 1.28 bits per heavy atom. The minimum Gasteiger partial charge on any atom is -0.488 e. The summed E-state index contributed by atoms with van der Waals surface area (Å²) in [5.74, 6) is 0.933. The molecule has 2 aromatic heterocycles. The summed E-state index contributed by atoms with van der Waals surface area (Å²) in [4.78, 5) is 17.9. The molecular weight excluding hydrogens is 350 g/mol. The normalized spacial score (nSPS) is 12.0. The Morgan fingerprint density at radius 3 is 2.96 bits per heavy atom. The number of thiophene rings is 2. The summed E-state index contributed by atoms with van der Waals surface area (Å²) in [6.07, 6.45) is 1.78. The Morgan fingerprint density at radius 2 is 2.16 bits per heavy atom. The average Bonchev–Trinajstić information content (AvgIpc) is 3.30. The maximum absolute atomic E-state index is 13.0. The van der Waals surface area contributed by atoms with Crippen LogP contribution in [0, 0.1) is 0 Å². The van der Waals surface area contributed by atoms with E-state index in [1.807, 2.05) is 46.7 Å². The number of fused-ring (bicyclic) bond motifs is 3. The summed E-state index contributed by atoms with van der Waals surface area (Å²) in [6.45, 7) is 5.45. The Labute approximate surface area is 154 Å². The van der Waals surface area contributed by atoms with Crippen molar-refractivity contribution >= 4 is 28.6 Å². The van der Waals surface area contributed by atoms with Crippen LogP contribution < -0.4 is 4.74 Å². The molecule has 0 unspecified atom stereocenters. The van der Waals surface area contributed by atoms with E-state index in [0.717, 1.165) is 26.6 Å². The molecule has 1 aromatic carbocycles. The first kappa shape index (κ1) is 16.1. The molecule has 0 fully saturated rings. The van der Waals surface area contributed by atoms with E-state index in [1.54, 1.807) is 28.7 Å². The fraction of sp³-hybridized carbons (Fsp3) is 0.150. The zero-order valence-corrected chi connectivity index (χ0v) is 15.2. The Bertz CT molecular complexity index is 912. The SMILES string of the molecule is C=CCN(Cc1cccs1)C(=O)c1cc2c(s1)-c1ccccc1OC2. The van der Waals surface area contributed by atoms with Crippen molar-refractivity contribution in [2.45, 2.75) is 13.2 Å². The fourth-order valence-corrected chi connectivity index (χ4v) is 4.81. The lowest BCUT2D eigenvalue weighted by Crippen LogP contribution is -2.29. The second-order valence-corrected chi connectivity index (χ2v) is 7.89. The van der Waals surface area contributed by atoms with Crippen LogP contribution in [0.4, 0.5) is 0 Å². The largest absolute Gasteiger partial charge is 0.488 e. The minimum absolute atomic E-state index is 0.0465. The summed E-state index contributed by atoms with van der Waals surface area (Å²) in [5.41, 5.74) is 2.16. The maximum Gasteiger partial charge on any atom is 0.264 e. The van der Waals surface area contributed by atoms with Crippen LogP contribution in [0.1, 0.15) is 20.1 Å². The van der Waals surface area contributed by atoms with Crippen LogP contribution >= 0.6 is 22.7 Å². The van der Waals surface area contributed by atoms with Crippen LogP contribution in [0.15, 0.2) is 60.5 Å². The van der Waals surface area contributed by atoms with Crippen molar-refractivity contribution in [1.29, 1.82) is 0 Å². The van der Waals surface area contributed by atoms with Gasteiger partial charge in [-0.25, -0.2) is 0 Å². The molecule has 0 aliphatic carbocycles. The van der Waals surface area contributed by atoms with Crippen LogP contribution in [-0.4, -0.2) is 17.4 Å². The summed E-state index contributed by atoms with van der Waals surface area (Å²) in [5, 5.41) is 2.03. The van der Waals surface area contributed by atoms with Crippen molar-refractivity contribution in [2.24, 2.45) is 0 Å². The zero-order chi connectivity index (χ0) is 17.2. The van der Waals surface area contributed by atoms with Crippen LogP contribution in [0.5, 0.6) is 5.75 Å². The maximum atomic E-state index is 13.0. The van der Waals surface area contributed by atoms with Gasteiger partial charge in [-0.3, -0.25) is 4.79 Å². The third-order valence-electron chi connectivity index (χ3n) is 4.10. The molecule has 0 spiro atoms. The number of rotatable bonds is 5. The number of hydrogen-bond acceptors (Lipinski definition) is 4. The van der Waals surface area contributed by atoms with Crippen LogP contribution in [0.3, 0.4) is 0 Å². The number of hydrogen-bond donors (Lipinski definition) is 0. The van der Waals surface area contributed by atoms with Gasteiger partial charge >= 0.3 is 0 Å². The van der Waals surface area contributed by atoms with Gasteiger partial charge in [0.05, 0.1) is 11.4 Å². The highest BCUT2D eigenvalue weighted by Gasteiger charge is 2.24. The molecule has 5 heteroatoms. The van der Waals surface area contributed by atoms with Gasteiger partial charge in [-0.15, -0.1) is 29.3 Å². The van der Waals surface area contributed by atoms with Crippen molar-refractivity contribution in [2.75, 3.05) is 6.54 Å². The van der Waals surface area contributed by atoms with Gasteiger partial charge in [-0.1, -0.05) is 24.3 Å². The van der Waals surface area contributed by atoms with Crippen LogP contribution in [0.2, 0.25) is 0 Å². The molecule has 25 heavy (non-hydrogen) atoms. The standard InChI is InChI=1S/C20H17NO2S2/c1-2-9-21(12-15-6-5-10-24-15)20(22)18-11-14-13-23-17-8-4-3-7-16(17)19(14)25-18/h2-8,10-11H,1,9,12-13H2. The van der Waals surface area contributed by atoms with Gasteiger partial charge in [0.1, 0.15) is 12.4 Å². The predicted molar refractivity (Wildman–Crippen MR) is 103 cm³/mol. The van der Waals surface area contributed by atoms with Crippen LogP contribution in [0.25, 0.3) is 10.4 Å². The highest BCUT2D eigenvalue weighted by molar-refractivity contribution is 7.17. The topological polar surface area (TPSA) is 29.5 Å². The van der Waals surface area contributed by atoms with E-state index >= 15 is 0 Å². The highest BCUT2D eigenvalue weighted by Crippen LogP contribution is 2.42. The van der Waals surface area contributed by atoms with Crippen molar-refractivity contribution in [1.82, 2.24) is 4.90 Å². The fourth-order valence-electron chi connectivity index (χ4n) is 2.93. The van der Waals surface area contributed by atoms with Gasteiger partial charge in [0, 0.05) is 27.4 Å². The lowest BCUT2D eigenvalue weighted by Gasteiger charge is -2.19. The first-order valence-corrected chi connectivity index (χ1v) is 9.73. The third kappa shape index (κ3) is 3.13. The zero-order valence-electron chi connectivity index (χ0n) is 13.6. The molecule has 3 aromatic rings. The summed E-state index contributed by atoms with van der Waals surface area (Å²) >= 11 is 3.21. The number of ether oxygens (including phenoxy) is 1. The Kier molecular flexibility index (Phi) is 4.42. The second kappa shape index (κ2) is 6.86. The molecule has 4 rings (SSSR count). The lowest BCUT2D eigenvalue weighted by atomic mass is 10.1. The number of benzene rings is 1. The van der Waals surface area contributed by atoms with Gasteiger partial charge in [-0.2, -0.15) is 0 Å². The molecule has 0 saturated heterocycles. The quantitative estimate of drug-likeness (QED) is 0.580. The molecule has 3 nitrogen and oxygen atoms in total. The Balaban J connectivity index is 1.64. The van der Waals surface area contributed by atoms with E-state index < -0.39 is 0 Å². The van der Waals surface area contributed by atoms with Crippen molar-refractivity contribution in [3.05, 3.63) is 75.8 Å². The molecule has 0 atom stereocenters. The number of carbonyl (C=O) groups excluding carboxylic acids is 1. The van der Waals surface area contributed by atoms with Gasteiger partial charge in [0.15, 0.2) is 0 Å². The van der Waals surface area contributed by atoms with E-state index in [9.17, 15) is 4.79 Å². The van der Waals surface area contributed by atoms with Crippen molar-refractivity contribution in [3.8, 4) is 16.2 Å². The molecule has 126 valence electrons. The number of carbonyl (C=O) groups is 1. The van der Waals surface area contributed by atoms with E-state index in [4.69, 9.17) is 4.74 Å². The second-order valence-electron chi connectivity index (χ2n) is 5.80. The molecule has 1 aliphatic rings. The van der Waals surface area contributed by atoms with Gasteiger partial charge in [0.25, 0.3) is 5.91 Å².